The first-order valence-corrected chi connectivity index (χ1v) is 8.22. The summed E-state index contributed by atoms with van der Waals surface area (Å²) in [4.78, 5) is 13.3. The third kappa shape index (κ3) is 2.22. The van der Waals surface area contributed by atoms with Crippen LogP contribution in [0, 0.1) is 0 Å². The number of para-hydroxylation sites is 2. The maximum Gasteiger partial charge on any atom is 0.415 e. The molecule has 2 heterocycles. The second kappa shape index (κ2) is 4.37. The number of aromatic hydroxyl groups is 1. The van der Waals surface area contributed by atoms with E-state index in [9.17, 15) is 18.3 Å². The molecule has 0 radical (unpaired) electrons. The van der Waals surface area contributed by atoms with Gasteiger partial charge in [-0.2, -0.15) is 0 Å². The van der Waals surface area contributed by atoms with E-state index in [2.05, 4.69) is 0 Å². The van der Waals surface area contributed by atoms with Crippen molar-refractivity contribution < 1.29 is 23.1 Å². The molecule has 3 rings (SSSR count). The molecular weight excluding hydrogens is 282 g/mol. The van der Waals surface area contributed by atoms with Crippen LogP contribution in [0.2, 0.25) is 0 Å². The standard InChI is InChI=1S/C13H15NO5S/c15-11-5-2-1-4-10(11)14-8-13(19-12(14)16)6-3-7-20(17,18)9-13/h1-2,4-5,15H,3,6-9H2. The van der Waals surface area contributed by atoms with Crippen molar-refractivity contribution in [2.24, 2.45) is 0 Å². The first kappa shape index (κ1) is 13.2. The number of sulfone groups is 1. The Hall–Kier alpha value is -1.76. The molecule has 2 saturated heterocycles. The number of hydrogen-bond donors (Lipinski definition) is 1. The van der Waals surface area contributed by atoms with Crippen LogP contribution >= 0.6 is 0 Å². The molecule has 0 bridgehead atoms. The van der Waals surface area contributed by atoms with Gasteiger partial charge in [0.1, 0.15) is 11.4 Å². The van der Waals surface area contributed by atoms with Gasteiger partial charge in [0.25, 0.3) is 0 Å². The van der Waals surface area contributed by atoms with E-state index in [1.165, 1.54) is 11.0 Å². The Bertz CT molecular complexity index is 656. The molecule has 0 saturated carbocycles. The Balaban J connectivity index is 1.91. The van der Waals surface area contributed by atoms with Crippen LogP contribution in [0.4, 0.5) is 10.5 Å². The zero-order valence-electron chi connectivity index (χ0n) is 10.8. The maximum atomic E-state index is 12.0. The number of phenols is 1. The monoisotopic (exact) mass is 297 g/mol. The van der Waals surface area contributed by atoms with Crippen molar-refractivity contribution in [1.82, 2.24) is 0 Å². The lowest BCUT2D eigenvalue weighted by Crippen LogP contribution is -2.45. The Labute approximate surface area is 116 Å². The number of ether oxygens (including phenoxy) is 1. The fraction of sp³-hybridized carbons (Fsp3) is 0.462. The van der Waals surface area contributed by atoms with Crippen LogP contribution in [0.25, 0.3) is 0 Å². The van der Waals surface area contributed by atoms with E-state index in [0.29, 0.717) is 18.5 Å². The fourth-order valence-corrected chi connectivity index (χ4v) is 4.69. The average Bonchev–Trinajstić information content (AvgIpc) is 2.64. The maximum absolute atomic E-state index is 12.0. The normalized spacial score (nSPS) is 28.6. The Morgan fingerprint density at radius 3 is 2.75 bits per heavy atom. The minimum absolute atomic E-state index is 0.0276. The minimum atomic E-state index is -3.18. The van der Waals surface area contributed by atoms with Gasteiger partial charge >= 0.3 is 6.09 Å². The second-order valence-corrected chi connectivity index (χ2v) is 7.51. The Morgan fingerprint density at radius 1 is 1.30 bits per heavy atom. The predicted octanol–water partition coefficient (Wildman–Crippen LogP) is 1.30. The van der Waals surface area contributed by atoms with Crippen LogP contribution in [0.1, 0.15) is 12.8 Å². The number of amides is 1. The number of carbonyl (C=O) groups excluding carboxylic acids is 1. The summed E-state index contributed by atoms with van der Waals surface area (Å²) in [5.41, 5.74) is -0.631. The molecule has 6 nitrogen and oxygen atoms in total. The van der Waals surface area contributed by atoms with Crippen LogP contribution in [-0.2, 0) is 14.6 Å². The molecule has 1 aromatic carbocycles. The molecule has 1 unspecified atom stereocenters. The summed E-state index contributed by atoms with van der Waals surface area (Å²) < 4.78 is 28.9. The molecule has 2 fully saturated rings. The molecule has 20 heavy (non-hydrogen) atoms. The number of benzene rings is 1. The van der Waals surface area contributed by atoms with E-state index in [-0.39, 0.29) is 23.8 Å². The molecule has 2 aliphatic rings. The molecule has 2 aliphatic heterocycles. The number of carbonyl (C=O) groups is 1. The van der Waals surface area contributed by atoms with Crippen LogP contribution in [0.15, 0.2) is 24.3 Å². The van der Waals surface area contributed by atoms with Gasteiger partial charge in [-0.25, -0.2) is 13.2 Å². The van der Waals surface area contributed by atoms with Crippen molar-refractivity contribution in [3.05, 3.63) is 24.3 Å². The highest BCUT2D eigenvalue weighted by Crippen LogP contribution is 2.38. The molecule has 1 atom stereocenters. The summed E-state index contributed by atoms with van der Waals surface area (Å²) in [5.74, 6) is -0.0289. The van der Waals surface area contributed by atoms with Crippen molar-refractivity contribution >= 4 is 21.6 Å². The summed E-state index contributed by atoms with van der Waals surface area (Å²) in [5, 5.41) is 9.81. The summed E-state index contributed by atoms with van der Waals surface area (Å²) in [6.45, 7) is 0.155. The molecule has 0 aromatic heterocycles. The number of rotatable bonds is 1. The molecule has 0 aliphatic carbocycles. The number of nitrogens with zero attached hydrogens (tertiary/aromatic N) is 1. The number of hydrogen-bond acceptors (Lipinski definition) is 5. The number of phenolic OH excluding ortho intramolecular Hbond substituents is 1. The van der Waals surface area contributed by atoms with Crippen LogP contribution in [0.5, 0.6) is 5.75 Å². The second-order valence-electron chi connectivity index (χ2n) is 5.32. The van der Waals surface area contributed by atoms with E-state index in [1.807, 2.05) is 0 Å². The summed E-state index contributed by atoms with van der Waals surface area (Å²) >= 11 is 0. The van der Waals surface area contributed by atoms with Crippen molar-refractivity contribution in [2.75, 3.05) is 23.0 Å². The highest BCUT2D eigenvalue weighted by Gasteiger charge is 2.50. The molecule has 1 amide bonds. The van der Waals surface area contributed by atoms with Gasteiger partial charge in [-0.3, -0.25) is 4.90 Å². The topological polar surface area (TPSA) is 83.9 Å². The summed E-state index contributed by atoms with van der Waals surface area (Å²) in [6, 6.07) is 6.43. The van der Waals surface area contributed by atoms with Crippen molar-refractivity contribution in [3.8, 4) is 5.75 Å². The summed E-state index contributed by atoms with van der Waals surface area (Å²) in [6.07, 6.45) is 0.412. The van der Waals surface area contributed by atoms with E-state index >= 15 is 0 Å². The van der Waals surface area contributed by atoms with Gasteiger partial charge in [0.05, 0.1) is 23.7 Å². The van der Waals surface area contributed by atoms with Gasteiger partial charge in [-0.05, 0) is 25.0 Å². The van der Waals surface area contributed by atoms with Crippen LogP contribution in [0.3, 0.4) is 0 Å². The molecular formula is C13H15NO5S. The van der Waals surface area contributed by atoms with Gasteiger partial charge in [-0.1, -0.05) is 12.1 Å². The zero-order chi connectivity index (χ0) is 14.4. The predicted molar refractivity (Wildman–Crippen MR) is 72.6 cm³/mol. The van der Waals surface area contributed by atoms with Crippen molar-refractivity contribution in [2.45, 2.75) is 18.4 Å². The lowest BCUT2D eigenvalue weighted by Gasteiger charge is -2.30. The first-order chi connectivity index (χ1) is 9.41. The lowest BCUT2D eigenvalue weighted by atomic mass is 10.00. The lowest BCUT2D eigenvalue weighted by molar-refractivity contribution is 0.0643. The van der Waals surface area contributed by atoms with Crippen molar-refractivity contribution in [3.63, 3.8) is 0 Å². The van der Waals surface area contributed by atoms with Gasteiger partial charge in [-0.15, -0.1) is 0 Å². The summed E-state index contributed by atoms with van der Waals surface area (Å²) in [7, 11) is -3.18. The molecule has 1 aromatic rings. The van der Waals surface area contributed by atoms with E-state index < -0.39 is 21.5 Å². The first-order valence-electron chi connectivity index (χ1n) is 6.40. The molecule has 1 N–H and O–H groups in total. The Morgan fingerprint density at radius 2 is 2.05 bits per heavy atom. The smallest absolute Gasteiger partial charge is 0.415 e. The quantitative estimate of drug-likeness (QED) is 0.844. The van der Waals surface area contributed by atoms with Crippen LogP contribution < -0.4 is 4.90 Å². The third-order valence-electron chi connectivity index (χ3n) is 3.71. The van der Waals surface area contributed by atoms with Crippen LogP contribution in [-0.4, -0.2) is 43.3 Å². The third-order valence-corrected chi connectivity index (χ3v) is 5.59. The highest BCUT2D eigenvalue weighted by molar-refractivity contribution is 7.91. The minimum Gasteiger partial charge on any atom is -0.506 e. The van der Waals surface area contributed by atoms with Gasteiger partial charge in [0, 0.05) is 0 Å². The SMILES string of the molecule is O=C1OC2(CCCS(=O)(=O)C2)CN1c1ccccc1O. The highest BCUT2D eigenvalue weighted by atomic mass is 32.2. The molecule has 108 valence electrons. The van der Waals surface area contributed by atoms with Crippen molar-refractivity contribution in [1.29, 1.82) is 0 Å². The zero-order valence-corrected chi connectivity index (χ0v) is 11.6. The fourth-order valence-electron chi connectivity index (χ4n) is 2.87. The average molecular weight is 297 g/mol. The van der Waals surface area contributed by atoms with E-state index in [0.717, 1.165) is 0 Å². The van der Waals surface area contributed by atoms with E-state index in [4.69, 9.17) is 4.74 Å². The number of anilines is 1. The van der Waals surface area contributed by atoms with Gasteiger partial charge in [0.15, 0.2) is 9.84 Å². The Kier molecular flexibility index (Phi) is 2.89. The van der Waals surface area contributed by atoms with Gasteiger partial charge < -0.3 is 9.84 Å². The largest absolute Gasteiger partial charge is 0.506 e. The van der Waals surface area contributed by atoms with Gasteiger partial charge in [0.2, 0.25) is 0 Å². The van der Waals surface area contributed by atoms with E-state index in [1.54, 1.807) is 18.2 Å². The molecule has 7 heteroatoms. The molecule has 1 spiro atoms.